The van der Waals surface area contributed by atoms with Crippen molar-refractivity contribution >= 4 is 39.8 Å². The number of hydrogen-bond donors (Lipinski definition) is 3. The highest BCUT2D eigenvalue weighted by Gasteiger charge is 2.50. The molecule has 16 nitrogen and oxygen atoms in total. The van der Waals surface area contributed by atoms with Gasteiger partial charge in [0.2, 0.25) is 11.8 Å². The first-order valence-electron chi connectivity index (χ1n) is 20.8. The number of aliphatic hydroxyl groups excluding tert-OH is 1. The van der Waals surface area contributed by atoms with Crippen molar-refractivity contribution in [3.05, 3.63) is 0 Å². The van der Waals surface area contributed by atoms with Gasteiger partial charge in [-0.3, -0.25) is 24.0 Å². The van der Waals surface area contributed by atoms with E-state index in [-0.39, 0.29) is 77.1 Å². The monoisotopic (exact) mass is 851 g/mol. The van der Waals surface area contributed by atoms with E-state index in [2.05, 4.69) is 17.6 Å². The van der Waals surface area contributed by atoms with Gasteiger partial charge >= 0.3 is 17.9 Å². The van der Waals surface area contributed by atoms with Crippen LogP contribution in [0.1, 0.15) is 133 Å². The van der Waals surface area contributed by atoms with Crippen LogP contribution < -0.4 is 10.6 Å². The average Bonchev–Trinajstić information content (AvgIpc) is 3.14. The number of carbonyl (C=O) groups is 5. The lowest BCUT2D eigenvalue weighted by Crippen LogP contribution is -2.51. The molecule has 2 amide bonds. The minimum atomic E-state index is -4.71. The summed E-state index contributed by atoms with van der Waals surface area (Å²) < 4.78 is 62.2. The second-order valence-corrected chi connectivity index (χ2v) is 18.1. The van der Waals surface area contributed by atoms with Crippen molar-refractivity contribution in [3.8, 4) is 0 Å². The fourth-order valence-corrected chi connectivity index (χ4v) is 8.03. The summed E-state index contributed by atoms with van der Waals surface area (Å²) in [6.07, 6.45) is 4.76. The summed E-state index contributed by atoms with van der Waals surface area (Å²) in [6, 6.07) is 0. The van der Waals surface area contributed by atoms with E-state index in [1.165, 1.54) is 27.9 Å². The molecule has 0 heterocycles. The van der Waals surface area contributed by atoms with Gasteiger partial charge in [0, 0.05) is 31.1 Å². The lowest BCUT2D eigenvalue weighted by atomic mass is 9.65. The number of rotatable bonds is 33. The molecule has 0 aliphatic heterocycles. The molecule has 0 aromatic heterocycles. The summed E-state index contributed by atoms with van der Waals surface area (Å²) in [5, 5.41) is 14.9. The number of hydrogen-bond acceptors (Lipinski definition) is 14. The Hall–Kier alpha value is -2.86. The number of nitrogens with one attached hydrogen (secondary N) is 2. The van der Waals surface area contributed by atoms with Gasteiger partial charge in [-0.05, 0) is 78.6 Å². The summed E-state index contributed by atoms with van der Waals surface area (Å²) in [7, 11) is -3.28. The normalized spacial score (nSPS) is 16.1. The van der Waals surface area contributed by atoms with Gasteiger partial charge < -0.3 is 44.0 Å². The lowest BCUT2D eigenvalue weighted by Gasteiger charge is -2.40. The minimum absolute atomic E-state index is 0.0121. The topological polar surface area (TPSA) is 233 Å². The molecular formula is C41H75N2O14S-. The van der Waals surface area contributed by atoms with Gasteiger partial charge in [0.25, 0.3) is 0 Å². The van der Waals surface area contributed by atoms with E-state index in [9.17, 15) is 42.0 Å². The Morgan fingerprint density at radius 2 is 1.36 bits per heavy atom. The molecule has 0 radical (unpaired) electrons. The van der Waals surface area contributed by atoms with Gasteiger partial charge in [0.1, 0.15) is 19.9 Å². The Morgan fingerprint density at radius 3 is 1.88 bits per heavy atom. The fourth-order valence-electron chi connectivity index (χ4n) is 7.07. The van der Waals surface area contributed by atoms with Gasteiger partial charge in [-0.25, -0.2) is 8.42 Å². The van der Waals surface area contributed by atoms with Crippen LogP contribution >= 0.6 is 0 Å². The third-order valence-corrected chi connectivity index (χ3v) is 11.4. The molecule has 0 spiro atoms. The van der Waals surface area contributed by atoms with Crippen molar-refractivity contribution in [2.45, 2.75) is 138 Å². The molecule has 3 N–H and O–H groups in total. The summed E-state index contributed by atoms with van der Waals surface area (Å²) in [4.78, 5) is 69.1. The quantitative estimate of drug-likeness (QED) is 0.0268. The number of ether oxygens (including phenoxy) is 5. The molecule has 0 rings (SSSR count). The van der Waals surface area contributed by atoms with Gasteiger partial charge in [-0.2, -0.15) is 0 Å². The molecule has 6 atom stereocenters. The molecule has 6 unspecified atom stereocenters. The highest BCUT2D eigenvalue weighted by atomic mass is 32.2. The van der Waals surface area contributed by atoms with Crippen LogP contribution in [0.5, 0.6) is 0 Å². The van der Waals surface area contributed by atoms with Crippen LogP contribution in [-0.4, -0.2) is 113 Å². The van der Waals surface area contributed by atoms with Gasteiger partial charge in [-0.15, -0.1) is 0 Å². The molecule has 58 heavy (non-hydrogen) atoms. The molecule has 340 valence electrons. The van der Waals surface area contributed by atoms with Crippen molar-refractivity contribution in [2.24, 2.45) is 34.5 Å². The SMILES string of the molecule is CCCCOCNC(=O)C(C)CC(CC(C)(CC(C)(CC(CC)C(=O)NC(C)(C)CS(=O)(=O)[O-])C(=O)OCCO)C(=O)OCCOC)C(=O)OCC(CC)CCCC. The van der Waals surface area contributed by atoms with Crippen LogP contribution in [-0.2, 0) is 57.8 Å². The molecule has 0 fully saturated rings. The van der Waals surface area contributed by atoms with Crippen molar-refractivity contribution in [1.29, 1.82) is 0 Å². The first kappa shape index (κ1) is 55.1. The maximum atomic E-state index is 14.2. The summed E-state index contributed by atoms with van der Waals surface area (Å²) in [5.41, 5.74) is -4.69. The van der Waals surface area contributed by atoms with E-state index in [0.717, 1.165) is 38.5 Å². The molecule has 0 saturated heterocycles. The zero-order chi connectivity index (χ0) is 44.6. The Labute approximate surface area is 347 Å². The van der Waals surface area contributed by atoms with Crippen molar-refractivity contribution < 1.29 is 65.7 Å². The molecule has 0 aromatic carbocycles. The van der Waals surface area contributed by atoms with Crippen LogP contribution in [0, 0.1) is 34.5 Å². The number of amides is 2. The second-order valence-electron chi connectivity index (χ2n) is 16.7. The maximum absolute atomic E-state index is 14.2. The Kier molecular flexibility index (Phi) is 26.4. The lowest BCUT2D eigenvalue weighted by molar-refractivity contribution is -0.168. The molecule has 0 aromatic rings. The van der Waals surface area contributed by atoms with E-state index in [1.54, 1.807) is 20.8 Å². The van der Waals surface area contributed by atoms with E-state index in [4.69, 9.17) is 23.7 Å². The summed E-state index contributed by atoms with van der Waals surface area (Å²) >= 11 is 0. The van der Waals surface area contributed by atoms with E-state index >= 15 is 0 Å². The Bertz CT molecular complexity index is 1360. The third-order valence-electron chi connectivity index (χ3n) is 10.3. The molecule has 0 aliphatic rings. The zero-order valence-electron chi connectivity index (χ0n) is 36.9. The van der Waals surface area contributed by atoms with E-state index in [0.29, 0.717) is 6.61 Å². The molecular weight excluding hydrogens is 777 g/mol. The van der Waals surface area contributed by atoms with Crippen molar-refractivity contribution in [3.63, 3.8) is 0 Å². The fraction of sp³-hybridized carbons (Fsp3) is 0.878. The maximum Gasteiger partial charge on any atom is 0.311 e. The van der Waals surface area contributed by atoms with Crippen LogP contribution in [0.4, 0.5) is 0 Å². The zero-order valence-corrected chi connectivity index (χ0v) is 37.7. The first-order valence-corrected chi connectivity index (χ1v) is 22.4. The number of carbonyl (C=O) groups excluding carboxylic acids is 5. The summed E-state index contributed by atoms with van der Waals surface area (Å²) in [6.45, 7) is 15.0. The Balaban J connectivity index is 7.08. The molecule has 0 bridgehead atoms. The number of esters is 3. The molecule has 0 saturated carbocycles. The second kappa shape index (κ2) is 27.8. The van der Waals surface area contributed by atoms with Crippen molar-refractivity contribution in [2.75, 3.05) is 59.2 Å². The largest absolute Gasteiger partial charge is 0.748 e. The van der Waals surface area contributed by atoms with Crippen LogP contribution in [0.3, 0.4) is 0 Å². The number of methoxy groups -OCH3 is 1. The highest BCUT2D eigenvalue weighted by Crippen LogP contribution is 2.46. The van der Waals surface area contributed by atoms with Crippen molar-refractivity contribution in [1.82, 2.24) is 10.6 Å². The number of aliphatic hydroxyl groups is 1. The van der Waals surface area contributed by atoms with Gasteiger partial charge in [0.05, 0.1) is 52.4 Å². The molecule has 17 heteroatoms. The predicted octanol–water partition coefficient (Wildman–Crippen LogP) is 4.65. The summed E-state index contributed by atoms with van der Waals surface area (Å²) in [5.74, 6) is -6.66. The van der Waals surface area contributed by atoms with Gasteiger partial charge in [0.15, 0.2) is 0 Å². The minimum Gasteiger partial charge on any atom is -0.748 e. The van der Waals surface area contributed by atoms with Gasteiger partial charge in [-0.1, -0.05) is 60.3 Å². The standard InChI is InChI=1S/C41H76N2O14S/c1-11-15-17-31(13-3)26-57-36(47)33(23-30(5)34(45)42-29-54-19-16-12-2)25-41(9,38(49)56-22-21-53-10)27-40(8,37(48)55-20-18-44)24-32(14-4)35(46)43-39(6,7)28-58(50,51)52/h30-33,44H,11-29H2,1-10H3,(H,42,45)(H,43,46)(H,50,51,52)/p-1. The first-order chi connectivity index (χ1) is 27.1. The highest BCUT2D eigenvalue weighted by molar-refractivity contribution is 7.85. The Morgan fingerprint density at radius 1 is 0.776 bits per heavy atom. The van der Waals surface area contributed by atoms with E-state index in [1.807, 2.05) is 13.8 Å². The van der Waals surface area contributed by atoms with E-state index < -0.39 is 80.4 Å². The van der Waals surface area contributed by atoms with Crippen LogP contribution in [0.25, 0.3) is 0 Å². The molecule has 0 aliphatic carbocycles. The smallest absolute Gasteiger partial charge is 0.311 e. The number of unbranched alkanes of at least 4 members (excludes halogenated alkanes) is 2. The predicted molar refractivity (Wildman–Crippen MR) is 217 cm³/mol. The average molecular weight is 852 g/mol. The van der Waals surface area contributed by atoms with Crippen LogP contribution in [0.15, 0.2) is 0 Å². The van der Waals surface area contributed by atoms with Crippen LogP contribution in [0.2, 0.25) is 0 Å². The third kappa shape index (κ3) is 21.9.